The predicted octanol–water partition coefficient (Wildman–Crippen LogP) is 4.60. The molecule has 2 rings (SSSR count). The highest BCUT2D eigenvalue weighted by Crippen LogP contribution is 2.31. The summed E-state index contributed by atoms with van der Waals surface area (Å²) in [6, 6.07) is 7.87. The van der Waals surface area contributed by atoms with Crippen LogP contribution in [0.1, 0.15) is 31.0 Å². The Morgan fingerprint density at radius 2 is 2.10 bits per heavy atom. The van der Waals surface area contributed by atoms with Crippen LogP contribution in [0, 0.1) is 0 Å². The maximum atomic E-state index is 6.03. The third-order valence-electron chi connectivity index (χ3n) is 3.06. The van der Waals surface area contributed by atoms with E-state index in [4.69, 9.17) is 16.3 Å². The number of pyridine rings is 1. The normalized spacial score (nSPS) is 12.2. The molecule has 0 saturated heterocycles. The Labute approximate surface area is 138 Å². The summed E-state index contributed by atoms with van der Waals surface area (Å²) < 4.78 is 6.51. The summed E-state index contributed by atoms with van der Waals surface area (Å²) in [5, 5.41) is 4.19. The molecule has 1 heterocycles. The quantitative estimate of drug-likeness (QED) is 0.808. The Morgan fingerprint density at radius 3 is 2.76 bits per heavy atom. The van der Waals surface area contributed by atoms with E-state index in [1.54, 1.807) is 6.20 Å². The van der Waals surface area contributed by atoms with Crippen molar-refractivity contribution in [1.82, 2.24) is 10.3 Å². The van der Waals surface area contributed by atoms with E-state index < -0.39 is 0 Å². The van der Waals surface area contributed by atoms with Crippen molar-refractivity contribution in [3.63, 3.8) is 0 Å². The lowest BCUT2D eigenvalue weighted by atomic mass is 10.00. The zero-order chi connectivity index (χ0) is 15.2. The fourth-order valence-corrected chi connectivity index (χ4v) is 3.10. The largest absolute Gasteiger partial charge is 0.492 e. The van der Waals surface area contributed by atoms with Crippen LogP contribution in [0.3, 0.4) is 0 Å². The van der Waals surface area contributed by atoms with Crippen LogP contribution < -0.4 is 10.1 Å². The molecule has 5 heteroatoms. The first-order chi connectivity index (χ1) is 10.2. The van der Waals surface area contributed by atoms with Gasteiger partial charge in [0.25, 0.3) is 0 Å². The highest BCUT2D eigenvalue weighted by Gasteiger charge is 2.17. The van der Waals surface area contributed by atoms with Gasteiger partial charge in [0, 0.05) is 15.7 Å². The predicted molar refractivity (Wildman–Crippen MR) is 90.1 cm³/mol. The van der Waals surface area contributed by atoms with Gasteiger partial charge in [-0.05, 0) is 42.8 Å². The van der Waals surface area contributed by atoms with Crippen LogP contribution in [0.4, 0.5) is 0 Å². The smallest absolute Gasteiger partial charge is 0.137 e. The van der Waals surface area contributed by atoms with E-state index in [0.717, 1.165) is 27.9 Å². The second kappa shape index (κ2) is 7.78. The Morgan fingerprint density at radius 1 is 1.29 bits per heavy atom. The molecule has 1 atom stereocenters. The third-order valence-corrected chi connectivity index (χ3v) is 3.98. The van der Waals surface area contributed by atoms with Gasteiger partial charge in [-0.15, -0.1) is 0 Å². The van der Waals surface area contributed by atoms with Crippen molar-refractivity contribution < 1.29 is 4.74 Å². The molecule has 0 bridgehead atoms. The van der Waals surface area contributed by atoms with Crippen LogP contribution in [0.25, 0.3) is 0 Å². The van der Waals surface area contributed by atoms with Crippen LogP contribution in [0.5, 0.6) is 5.75 Å². The van der Waals surface area contributed by atoms with Crippen molar-refractivity contribution in [1.29, 1.82) is 0 Å². The minimum Gasteiger partial charge on any atom is -0.492 e. The molecule has 0 aliphatic heterocycles. The number of aromatic nitrogens is 1. The highest BCUT2D eigenvalue weighted by atomic mass is 79.9. The standard InChI is InChI=1S/C16H18BrClN2O/c1-3-20-16(14-6-5-12(18)8-15(14)17)11-7-13(21-4-2)10-19-9-11/h5-10,16,20H,3-4H2,1-2H3. The van der Waals surface area contributed by atoms with E-state index in [-0.39, 0.29) is 6.04 Å². The molecule has 3 nitrogen and oxygen atoms in total. The first-order valence-electron chi connectivity index (χ1n) is 6.91. The number of halogens is 2. The van der Waals surface area contributed by atoms with Crippen molar-refractivity contribution in [3.8, 4) is 5.75 Å². The van der Waals surface area contributed by atoms with Gasteiger partial charge in [0.2, 0.25) is 0 Å². The Hall–Kier alpha value is -1.10. The molecule has 0 spiro atoms. The van der Waals surface area contributed by atoms with Crippen molar-refractivity contribution in [2.75, 3.05) is 13.2 Å². The van der Waals surface area contributed by atoms with Crippen LogP contribution in [-0.4, -0.2) is 18.1 Å². The molecule has 0 fully saturated rings. The number of ether oxygens (including phenoxy) is 1. The van der Waals surface area contributed by atoms with E-state index in [9.17, 15) is 0 Å². The van der Waals surface area contributed by atoms with Crippen LogP contribution >= 0.6 is 27.5 Å². The van der Waals surface area contributed by atoms with Gasteiger partial charge in [-0.1, -0.05) is 40.5 Å². The van der Waals surface area contributed by atoms with Gasteiger partial charge in [0.15, 0.2) is 0 Å². The van der Waals surface area contributed by atoms with Gasteiger partial charge in [-0.3, -0.25) is 4.98 Å². The van der Waals surface area contributed by atoms with E-state index >= 15 is 0 Å². The Bertz CT molecular complexity index is 607. The molecule has 21 heavy (non-hydrogen) atoms. The molecule has 0 aliphatic carbocycles. The molecule has 1 unspecified atom stereocenters. The molecule has 112 valence electrons. The SMILES string of the molecule is CCNC(c1cncc(OCC)c1)c1ccc(Cl)cc1Br. The van der Waals surface area contributed by atoms with Gasteiger partial charge in [-0.25, -0.2) is 0 Å². The van der Waals surface area contributed by atoms with E-state index in [2.05, 4.69) is 33.2 Å². The molecule has 1 aromatic heterocycles. The number of rotatable bonds is 6. The molecule has 0 saturated carbocycles. The van der Waals surface area contributed by atoms with Crippen molar-refractivity contribution in [3.05, 3.63) is 57.3 Å². The molecule has 0 amide bonds. The Kier molecular flexibility index (Phi) is 6.03. The molecule has 2 aromatic rings. The topological polar surface area (TPSA) is 34.2 Å². The minimum atomic E-state index is 0.0366. The van der Waals surface area contributed by atoms with Crippen molar-refractivity contribution in [2.24, 2.45) is 0 Å². The van der Waals surface area contributed by atoms with Gasteiger partial charge < -0.3 is 10.1 Å². The van der Waals surface area contributed by atoms with E-state index in [1.807, 2.05) is 37.4 Å². The number of nitrogens with one attached hydrogen (secondary N) is 1. The van der Waals surface area contributed by atoms with Crippen LogP contribution in [0.15, 0.2) is 41.1 Å². The summed E-state index contributed by atoms with van der Waals surface area (Å²) in [6.45, 7) is 5.51. The van der Waals surface area contributed by atoms with Gasteiger partial charge in [0.05, 0.1) is 18.8 Å². The fourth-order valence-electron chi connectivity index (χ4n) is 2.19. The monoisotopic (exact) mass is 368 g/mol. The van der Waals surface area contributed by atoms with Crippen LogP contribution in [-0.2, 0) is 0 Å². The molecular weight excluding hydrogens is 352 g/mol. The summed E-state index contributed by atoms with van der Waals surface area (Å²) in [5.74, 6) is 0.781. The third kappa shape index (κ3) is 4.19. The first kappa shape index (κ1) is 16.3. The molecule has 0 radical (unpaired) electrons. The minimum absolute atomic E-state index is 0.0366. The second-order valence-electron chi connectivity index (χ2n) is 4.54. The fraction of sp³-hybridized carbons (Fsp3) is 0.312. The zero-order valence-corrected chi connectivity index (χ0v) is 14.4. The summed E-state index contributed by atoms with van der Waals surface area (Å²) >= 11 is 9.62. The average molecular weight is 370 g/mol. The maximum Gasteiger partial charge on any atom is 0.137 e. The highest BCUT2D eigenvalue weighted by molar-refractivity contribution is 9.10. The van der Waals surface area contributed by atoms with Gasteiger partial charge in [-0.2, -0.15) is 0 Å². The van der Waals surface area contributed by atoms with Crippen molar-refractivity contribution in [2.45, 2.75) is 19.9 Å². The van der Waals surface area contributed by atoms with E-state index in [0.29, 0.717) is 11.6 Å². The average Bonchev–Trinajstić information content (AvgIpc) is 2.46. The lowest BCUT2D eigenvalue weighted by Crippen LogP contribution is -2.22. The number of benzene rings is 1. The van der Waals surface area contributed by atoms with Gasteiger partial charge >= 0.3 is 0 Å². The lowest BCUT2D eigenvalue weighted by molar-refractivity contribution is 0.338. The summed E-state index contributed by atoms with van der Waals surface area (Å²) in [7, 11) is 0. The molecule has 1 N–H and O–H groups in total. The number of hydrogen-bond acceptors (Lipinski definition) is 3. The van der Waals surface area contributed by atoms with E-state index in [1.165, 1.54) is 0 Å². The summed E-state index contributed by atoms with van der Waals surface area (Å²) in [5.41, 5.74) is 2.18. The Balaban J connectivity index is 2.40. The van der Waals surface area contributed by atoms with Crippen LogP contribution in [0.2, 0.25) is 5.02 Å². The summed E-state index contributed by atoms with van der Waals surface area (Å²) in [4.78, 5) is 4.27. The molecule has 1 aromatic carbocycles. The summed E-state index contributed by atoms with van der Waals surface area (Å²) in [6.07, 6.45) is 3.59. The van der Waals surface area contributed by atoms with Crippen molar-refractivity contribution >= 4 is 27.5 Å². The van der Waals surface area contributed by atoms with Gasteiger partial charge in [0.1, 0.15) is 5.75 Å². The molecular formula is C16H18BrClN2O. The first-order valence-corrected chi connectivity index (χ1v) is 8.08. The molecule has 0 aliphatic rings. The number of nitrogens with zero attached hydrogens (tertiary/aromatic N) is 1. The maximum absolute atomic E-state index is 6.03. The second-order valence-corrected chi connectivity index (χ2v) is 5.83. The zero-order valence-electron chi connectivity index (χ0n) is 12.1. The lowest BCUT2D eigenvalue weighted by Gasteiger charge is -2.20. The number of hydrogen-bond donors (Lipinski definition) is 1.